The third kappa shape index (κ3) is 3.99. The van der Waals surface area contributed by atoms with E-state index in [-0.39, 0.29) is 17.8 Å². The Bertz CT molecular complexity index is 703. The minimum Gasteiger partial charge on any atom is -0.348 e. The highest BCUT2D eigenvalue weighted by atomic mass is 32.1. The lowest BCUT2D eigenvalue weighted by atomic mass is 9.84. The van der Waals surface area contributed by atoms with Crippen LogP contribution in [0.4, 0.5) is 4.39 Å². The average molecular weight is 347 g/mol. The molecule has 4 nitrogen and oxygen atoms in total. The first-order valence-corrected chi connectivity index (χ1v) is 9.24. The molecule has 6 heteroatoms. The number of rotatable bonds is 5. The number of benzene rings is 1. The molecule has 2 aromatic rings. The van der Waals surface area contributed by atoms with Crippen LogP contribution < -0.4 is 11.1 Å². The maximum atomic E-state index is 13.7. The van der Waals surface area contributed by atoms with Crippen molar-refractivity contribution in [2.24, 2.45) is 11.7 Å². The zero-order valence-corrected chi connectivity index (χ0v) is 14.3. The number of nitrogens with one attached hydrogen (secondary N) is 1. The highest BCUT2D eigenvalue weighted by molar-refractivity contribution is 7.09. The van der Waals surface area contributed by atoms with Crippen molar-refractivity contribution >= 4 is 17.2 Å². The lowest BCUT2D eigenvalue weighted by Gasteiger charge is -2.31. The van der Waals surface area contributed by atoms with Crippen LogP contribution in [0.2, 0.25) is 0 Å². The van der Waals surface area contributed by atoms with E-state index in [0.29, 0.717) is 30.1 Å². The molecule has 1 heterocycles. The third-order valence-electron chi connectivity index (χ3n) is 4.61. The van der Waals surface area contributed by atoms with Gasteiger partial charge in [0.15, 0.2) is 0 Å². The smallest absolute Gasteiger partial charge is 0.270 e. The molecule has 0 spiro atoms. The van der Waals surface area contributed by atoms with Gasteiger partial charge >= 0.3 is 0 Å². The second-order valence-electron chi connectivity index (χ2n) is 6.25. The van der Waals surface area contributed by atoms with Crippen LogP contribution in [0.25, 0.3) is 0 Å². The number of hydrogen-bond donors (Lipinski definition) is 2. The van der Waals surface area contributed by atoms with Crippen LogP contribution in [0, 0.1) is 11.7 Å². The average Bonchev–Trinajstić information content (AvgIpc) is 3.06. The van der Waals surface area contributed by atoms with E-state index < -0.39 is 0 Å². The fraction of sp³-hybridized carbons (Fsp3) is 0.444. The molecule has 128 valence electrons. The summed E-state index contributed by atoms with van der Waals surface area (Å²) in [7, 11) is 0. The predicted molar refractivity (Wildman–Crippen MR) is 93.6 cm³/mol. The van der Waals surface area contributed by atoms with Crippen LogP contribution in [0.3, 0.4) is 0 Å². The van der Waals surface area contributed by atoms with Crippen LogP contribution in [0.1, 0.15) is 46.7 Å². The van der Waals surface area contributed by atoms with Crippen LogP contribution in [0.5, 0.6) is 0 Å². The Kier molecular flexibility index (Phi) is 5.58. The summed E-state index contributed by atoms with van der Waals surface area (Å²) in [5.41, 5.74) is 6.81. The second-order valence-corrected chi connectivity index (χ2v) is 7.20. The number of nitrogens with zero attached hydrogens (tertiary/aromatic N) is 1. The highest BCUT2D eigenvalue weighted by Gasteiger charge is 2.26. The Hall–Kier alpha value is -1.79. The van der Waals surface area contributed by atoms with E-state index in [1.807, 2.05) is 0 Å². The quantitative estimate of drug-likeness (QED) is 0.873. The molecule has 1 saturated carbocycles. The van der Waals surface area contributed by atoms with E-state index in [4.69, 9.17) is 5.73 Å². The Morgan fingerprint density at radius 1 is 1.33 bits per heavy atom. The van der Waals surface area contributed by atoms with E-state index >= 15 is 0 Å². The summed E-state index contributed by atoms with van der Waals surface area (Å²) in [6.45, 7) is 0.598. The molecule has 0 saturated heterocycles. The summed E-state index contributed by atoms with van der Waals surface area (Å²) in [5.74, 6) is -0.0534. The summed E-state index contributed by atoms with van der Waals surface area (Å²) in [5, 5.41) is 5.56. The first-order valence-electron chi connectivity index (χ1n) is 8.36. The summed E-state index contributed by atoms with van der Waals surface area (Å²) in [6, 6.07) is 6.78. The highest BCUT2D eigenvalue weighted by Crippen LogP contribution is 2.24. The molecular formula is C18H22FN3OS. The van der Waals surface area contributed by atoms with Gasteiger partial charge in [-0.05, 0) is 36.9 Å². The van der Waals surface area contributed by atoms with Gasteiger partial charge in [-0.15, -0.1) is 11.3 Å². The van der Waals surface area contributed by atoms with Crippen molar-refractivity contribution < 1.29 is 9.18 Å². The van der Waals surface area contributed by atoms with Crippen molar-refractivity contribution in [1.82, 2.24) is 10.3 Å². The predicted octanol–water partition coefficient (Wildman–Crippen LogP) is 3.12. The first kappa shape index (κ1) is 17.0. The van der Waals surface area contributed by atoms with Gasteiger partial charge in [0.2, 0.25) is 0 Å². The van der Waals surface area contributed by atoms with Crippen molar-refractivity contribution in [2.75, 3.05) is 6.54 Å². The van der Waals surface area contributed by atoms with Crippen molar-refractivity contribution in [3.8, 4) is 0 Å². The third-order valence-corrected chi connectivity index (χ3v) is 5.46. The van der Waals surface area contributed by atoms with Gasteiger partial charge in [-0.1, -0.05) is 31.0 Å². The molecule has 0 bridgehead atoms. The fourth-order valence-electron chi connectivity index (χ4n) is 3.22. The van der Waals surface area contributed by atoms with E-state index in [0.717, 1.165) is 24.3 Å². The molecule has 1 aliphatic rings. The molecule has 3 rings (SSSR count). The summed E-state index contributed by atoms with van der Waals surface area (Å²) in [4.78, 5) is 16.8. The van der Waals surface area contributed by atoms with Crippen molar-refractivity contribution in [1.29, 1.82) is 0 Å². The molecule has 1 amide bonds. The van der Waals surface area contributed by atoms with Gasteiger partial charge in [-0.25, -0.2) is 9.37 Å². The number of hydrogen-bond acceptors (Lipinski definition) is 4. The van der Waals surface area contributed by atoms with Crippen molar-refractivity contribution in [3.05, 3.63) is 51.7 Å². The maximum absolute atomic E-state index is 13.7. The van der Waals surface area contributed by atoms with Gasteiger partial charge in [-0.3, -0.25) is 4.79 Å². The molecule has 2 atom stereocenters. The molecular weight excluding hydrogens is 325 g/mol. The van der Waals surface area contributed by atoms with E-state index in [9.17, 15) is 9.18 Å². The number of halogens is 1. The Balaban J connectivity index is 1.64. The van der Waals surface area contributed by atoms with Gasteiger partial charge in [0, 0.05) is 17.8 Å². The largest absolute Gasteiger partial charge is 0.348 e. The van der Waals surface area contributed by atoms with E-state index in [2.05, 4.69) is 10.3 Å². The van der Waals surface area contributed by atoms with Crippen LogP contribution >= 0.6 is 11.3 Å². The minimum atomic E-state index is -0.244. The fourth-order valence-corrected chi connectivity index (χ4v) is 4.02. The lowest BCUT2D eigenvalue weighted by Crippen LogP contribution is -2.44. The molecule has 1 aromatic heterocycles. The van der Waals surface area contributed by atoms with E-state index in [1.165, 1.54) is 23.8 Å². The zero-order valence-electron chi connectivity index (χ0n) is 13.5. The SMILES string of the molecule is NCC1CCCCC1NC(=O)c1csc(Cc2ccccc2F)n1. The summed E-state index contributed by atoms with van der Waals surface area (Å²) in [6.07, 6.45) is 4.74. The Morgan fingerprint density at radius 2 is 2.12 bits per heavy atom. The molecule has 2 unspecified atom stereocenters. The molecule has 1 aromatic carbocycles. The first-order chi connectivity index (χ1) is 11.7. The number of amides is 1. The van der Waals surface area contributed by atoms with Gasteiger partial charge in [-0.2, -0.15) is 0 Å². The van der Waals surface area contributed by atoms with Crippen LogP contribution in [-0.2, 0) is 6.42 Å². The second kappa shape index (κ2) is 7.85. The number of carbonyl (C=O) groups excluding carboxylic acids is 1. The summed E-state index contributed by atoms with van der Waals surface area (Å²) >= 11 is 1.39. The van der Waals surface area contributed by atoms with Gasteiger partial charge < -0.3 is 11.1 Å². The number of nitrogens with two attached hydrogens (primary N) is 1. The molecule has 1 fully saturated rings. The van der Waals surface area contributed by atoms with Gasteiger partial charge in [0.1, 0.15) is 11.5 Å². The van der Waals surface area contributed by atoms with E-state index in [1.54, 1.807) is 23.6 Å². The molecule has 24 heavy (non-hydrogen) atoms. The summed E-state index contributed by atoms with van der Waals surface area (Å²) < 4.78 is 13.7. The Labute approximate surface area is 145 Å². The number of thiazole rings is 1. The molecule has 0 radical (unpaired) electrons. The zero-order chi connectivity index (χ0) is 16.9. The van der Waals surface area contributed by atoms with Gasteiger partial charge in [0.25, 0.3) is 5.91 Å². The van der Waals surface area contributed by atoms with Crippen molar-refractivity contribution in [2.45, 2.75) is 38.1 Å². The molecule has 1 aliphatic carbocycles. The maximum Gasteiger partial charge on any atom is 0.270 e. The number of carbonyl (C=O) groups is 1. The lowest BCUT2D eigenvalue weighted by molar-refractivity contribution is 0.0903. The molecule has 0 aliphatic heterocycles. The minimum absolute atomic E-state index is 0.132. The number of aromatic nitrogens is 1. The molecule has 3 N–H and O–H groups in total. The monoisotopic (exact) mass is 347 g/mol. The van der Waals surface area contributed by atoms with Crippen LogP contribution in [-0.4, -0.2) is 23.5 Å². The van der Waals surface area contributed by atoms with Crippen LogP contribution in [0.15, 0.2) is 29.6 Å². The van der Waals surface area contributed by atoms with Gasteiger partial charge in [0.05, 0.1) is 5.01 Å². The Morgan fingerprint density at radius 3 is 2.92 bits per heavy atom. The standard InChI is InChI=1S/C18H22FN3OS/c19-14-7-3-1-5-12(14)9-17-21-16(11-24-17)18(23)22-15-8-4-2-6-13(15)10-20/h1,3,5,7,11,13,15H,2,4,6,8-10,20H2,(H,22,23). The normalized spacial score (nSPS) is 20.8. The topological polar surface area (TPSA) is 68.0 Å². The van der Waals surface area contributed by atoms with Crippen molar-refractivity contribution in [3.63, 3.8) is 0 Å².